The third-order valence-electron chi connectivity index (χ3n) is 4.52. The van der Waals surface area contributed by atoms with Gasteiger partial charge in [0.2, 0.25) is 0 Å². The predicted molar refractivity (Wildman–Crippen MR) is 113 cm³/mol. The second-order valence-electron chi connectivity index (χ2n) is 6.81. The van der Waals surface area contributed by atoms with Crippen molar-refractivity contribution < 1.29 is 0 Å². The van der Waals surface area contributed by atoms with Crippen LogP contribution < -0.4 is 10.6 Å². The average Bonchev–Trinajstić information content (AvgIpc) is 3.00. The van der Waals surface area contributed by atoms with Gasteiger partial charge in [0.25, 0.3) is 0 Å². The van der Waals surface area contributed by atoms with E-state index in [0.717, 1.165) is 37.7 Å². The molecule has 0 radical (unpaired) electrons. The van der Waals surface area contributed by atoms with Gasteiger partial charge in [0.15, 0.2) is 5.96 Å². The Morgan fingerprint density at radius 1 is 1.04 bits per heavy atom. The van der Waals surface area contributed by atoms with Crippen molar-refractivity contribution in [2.45, 2.75) is 40.3 Å². The van der Waals surface area contributed by atoms with Crippen LogP contribution in [0.4, 0.5) is 0 Å². The van der Waals surface area contributed by atoms with E-state index in [0.29, 0.717) is 6.54 Å². The minimum absolute atomic E-state index is 0.664. The first-order valence-corrected chi connectivity index (χ1v) is 9.66. The molecule has 0 atom stereocenters. The summed E-state index contributed by atoms with van der Waals surface area (Å²) in [6.45, 7) is 9.51. The summed E-state index contributed by atoms with van der Waals surface area (Å²) >= 11 is 0. The number of hydrogen-bond acceptors (Lipinski definition) is 2. The highest BCUT2D eigenvalue weighted by atomic mass is 15.3. The first-order chi connectivity index (χ1) is 13.2. The molecule has 2 aromatic carbocycles. The summed E-state index contributed by atoms with van der Waals surface area (Å²) in [5.74, 6) is 0.860. The summed E-state index contributed by atoms with van der Waals surface area (Å²) in [6.07, 6.45) is 1.00. The van der Waals surface area contributed by atoms with Crippen molar-refractivity contribution in [3.8, 4) is 0 Å². The Hall–Kier alpha value is -2.82. The number of hydrogen-bond donors (Lipinski definition) is 2. The average molecular weight is 364 g/mol. The quantitative estimate of drug-likeness (QED) is 0.381. The summed E-state index contributed by atoms with van der Waals surface area (Å²) in [5.41, 5.74) is 3.50. The molecule has 5 heteroatoms. The molecule has 0 bridgehead atoms. The molecule has 5 nitrogen and oxygen atoms in total. The molecular formula is C22H29N5. The van der Waals surface area contributed by atoms with Crippen molar-refractivity contribution in [1.29, 1.82) is 0 Å². The number of nitrogens with one attached hydrogen (secondary N) is 2. The van der Waals surface area contributed by atoms with E-state index in [9.17, 15) is 0 Å². The largest absolute Gasteiger partial charge is 0.357 e. The Kier molecular flexibility index (Phi) is 6.47. The molecule has 3 rings (SSSR count). The fourth-order valence-corrected chi connectivity index (χ4v) is 3.19. The van der Waals surface area contributed by atoms with Gasteiger partial charge in [-0.1, -0.05) is 36.4 Å². The molecule has 0 amide bonds. The van der Waals surface area contributed by atoms with Crippen LogP contribution in [0, 0.1) is 13.8 Å². The summed E-state index contributed by atoms with van der Waals surface area (Å²) in [5, 5.41) is 13.8. The summed E-state index contributed by atoms with van der Waals surface area (Å²) in [6, 6.07) is 17.1. The first kappa shape index (κ1) is 19.0. The minimum atomic E-state index is 0.664. The molecule has 2 N–H and O–H groups in total. The lowest BCUT2D eigenvalue weighted by Gasteiger charge is -2.12. The Bertz CT molecular complexity index is 910. The summed E-state index contributed by atoms with van der Waals surface area (Å²) < 4.78 is 2.07. The van der Waals surface area contributed by atoms with Gasteiger partial charge in [0.05, 0.1) is 12.2 Å². The number of fused-ring (bicyclic) bond motifs is 1. The van der Waals surface area contributed by atoms with Gasteiger partial charge < -0.3 is 10.6 Å². The highest BCUT2D eigenvalue weighted by Gasteiger charge is 2.02. The highest BCUT2D eigenvalue weighted by Crippen LogP contribution is 2.16. The van der Waals surface area contributed by atoms with Gasteiger partial charge in [-0.15, -0.1) is 0 Å². The Balaban J connectivity index is 1.54. The van der Waals surface area contributed by atoms with Crippen molar-refractivity contribution >= 4 is 16.7 Å². The molecule has 0 aliphatic rings. The van der Waals surface area contributed by atoms with E-state index in [1.54, 1.807) is 0 Å². The summed E-state index contributed by atoms with van der Waals surface area (Å²) in [7, 11) is 0. The molecule has 0 fully saturated rings. The van der Waals surface area contributed by atoms with Crippen molar-refractivity contribution in [3.05, 3.63) is 65.5 Å². The lowest BCUT2D eigenvalue weighted by atomic mass is 10.1. The Morgan fingerprint density at radius 2 is 1.85 bits per heavy atom. The van der Waals surface area contributed by atoms with Crippen LogP contribution in [0.5, 0.6) is 0 Å². The number of nitrogens with zero attached hydrogens (tertiary/aromatic N) is 3. The molecule has 0 unspecified atom stereocenters. The van der Waals surface area contributed by atoms with Gasteiger partial charge in [-0.3, -0.25) is 4.68 Å². The highest BCUT2D eigenvalue weighted by molar-refractivity contribution is 5.83. The van der Waals surface area contributed by atoms with E-state index in [1.807, 2.05) is 6.92 Å². The normalized spacial score (nSPS) is 11.7. The van der Waals surface area contributed by atoms with Crippen molar-refractivity contribution in [3.63, 3.8) is 0 Å². The van der Waals surface area contributed by atoms with Gasteiger partial charge >= 0.3 is 0 Å². The molecule has 0 saturated carbocycles. The zero-order valence-corrected chi connectivity index (χ0v) is 16.5. The molecule has 1 heterocycles. The molecule has 1 aromatic heterocycles. The minimum Gasteiger partial charge on any atom is -0.357 e. The van der Waals surface area contributed by atoms with E-state index in [1.165, 1.54) is 22.0 Å². The van der Waals surface area contributed by atoms with Crippen LogP contribution in [0.2, 0.25) is 0 Å². The van der Waals surface area contributed by atoms with Gasteiger partial charge in [0.1, 0.15) is 0 Å². The van der Waals surface area contributed by atoms with Crippen LogP contribution in [0.3, 0.4) is 0 Å². The smallest absolute Gasteiger partial charge is 0.191 e. The number of aryl methyl sites for hydroxylation is 3. The number of aliphatic imine (C=N–C) groups is 1. The van der Waals surface area contributed by atoms with Crippen LogP contribution in [-0.2, 0) is 13.1 Å². The Labute approximate surface area is 161 Å². The monoisotopic (exact) mass is 363 g/mol. The number of rotatable bonds is 7. The maximum Gasteiger partial charge on any atom is 0.191 e. The van der Waals surface area contributed by atoms with Crippen LogP contribution in [0.15, 0.2) is 53.5 Å². The van der Waals surface area contributed by atoms with E-state index < -0.39 is 0 Å². The molecule has 0 saturated heterocycles. The maximum atomic E-state index is 4.73. The zero-order valence-electron chi connectivity index (χ0n) is 16.5. The van der Waals surface area contributed by atoms with E-state index >= 15 is 0 Å². The number of benzene rings is 2. The van der Waals surface area contributed by atoms with Gasteiger partial charge in [-0.25, -0.2) is 4.99 Å². The van der Waals surface area contributed by atoms with Gasteiger partial charge in [-0.05, 0) is 55.7 Å². The van der Waals surface area contributed by atoms with Crippen LogP contribution in [0.25, 0.3) is 10.8 Å². The van der Waals surface area contributed by atoms with Crippen molar-refractivity contribution in [1.82, 2.24) is 20.4 Å². The maximum absolute atomic E-state index is 4.73. The zero-order chi connectivity index (χ0) is 19.1. The van der Waals surface area contributed by atoms with E-state index in [4.69, 9.17) is 4.99 Å². The van der Waals surface area contributed by atoms with Gasteiger partial charge in [-0.2, -0.15) is 5.10 Å². The second-order valence-corrected chi connectivity index (χ2v) is 6.81. The van der Waals surface area contributed by atoms with Crippen molar-refractivity contribution in [2.24, 2.45) is 4.99 Å². The molecule has 0 aliphatic carbocycles. The molecule has 142 valence electrons. The molecular weight excluding hydrogens is 334 g/mol. The lowest BCUT2D eigenvalue weighted by Crippen LogP contribution is -2.38. The lowest BCUT2D eigenvalue weighted by molar-refractivity contribution is 0.555. The second kappa shape index (κ2) is 9.21. The van der Waals surface area contributed by atoms with Crippen LogP contribution in [0.1, 0.15) is 30.3 Å². The van der Waals surface area contributed by atoms with Gasteiger partial charge in [0, 0.05) is 25.3 Å². The van der Waals surface area contributed by atoms with Crippen LogP contribution >= 0.6 is 0 Å². The Morgan fingerprint density at radius 3 is 2.59 bits per heavy atom. The fraction of sp³-hybridized carbons (Fsp3) is 0.364. The molecule has 27 heavy (non-hydrogen) atoms. The van der Waals surface area contributed by atoms with Crippen molar-refractivity contribution in [2.75, 3.05) is 13.1 Å². The molecule has 0 aliphatic heterocycles. The third kappa shape index (κ3) is 5.33. The fourth-order valence-electron chi connectivity index (χ4n) is 3.19. The van der Waals surface area contributed by atoms with Crippen LogP contribution in [-0.4, -0.2) is 28.8 Å². The number of aromatic nitrogens is 2. The topological polar surface area (TPSA) is 54.2 Å². The standard InChI is InChI=1S/C22H29N5/c1-4-23-22(24-12-7-13-27-18(3)14-17(2)26-27)25-16-19-10-11-20-8-5-6-9-21(20)15-19/h5-6,8-11,14-15H,4,7,12-13,16H2,1-3H3,(H2,23,24,25). The van der Waals surface area contributed by atoms with E-state index in [2.05, 4.69) is 82.8 Å². The molecule has 0 spiro atoms. The predicted octanol–water partition coefficient (Wildman–Crippen LogP) is 3.80. The third-order valence-corrected chi connectivity index (χ3v) is 4.52. The SMILES string of the molecule is CCNC(=NCc1ccc2ccccc2c1)NCCCn1nc(C)cc1C. The van der Waals surface area contributed by atoms with E-state index in [-0.39, 0.29) is 0 Å². The molecule has 3 aromatic rings. The first-order valence-electron chi connectivity index (χ1n) is 9.66. The summed E-state index contributed by atoms with van der Waals surface area (Å²) in [4.78, 5) is 4.73. The number of guanidine groups is 1.